The normalized spacial score (nSPS) is 15.8. The molecule has 0 bridgehead atoms. The second-order valence-electron chi connectivity index (χ2n) is 6.80. The summed E-state index contributed by atoms with van der Waals surface area (Å²) in [4.78, 5) is 0. The van der Waals surface area contributed by atoms with E-state index in [-0.39, 0.29) is 52.1 Å². The Morgan fingerprint density at radius 3 is 1.88 bits per heavy atom. The van der Waals surface area contributed by atoms with Gasteiger partial charge in [-0.1, -0.05) is 63.5 Å². The van der Waals surface area contributed by atoms with E-state index in [2.05, 4.69) is 64.5 Å². The third kappa shape index (κ3) is 8.78. The van der Waals surface area contributed by atoms with Gasteiger partial charge in [0, 0.05) is 0 Å². The van der Waals surface area contributed by atoms with Gasteiger partial charge in [-0.15, -0.1) is 48.0 Å². The van der Waals surface area contributed by atoms with Crippen LogP contribution in [0.1, 0.15) is 59.6 Å². The second-order valence-corrected chi connectivity index (χ2v) is 6.80. The Hall–Kier alpha value is -0.176. The fraction of sp³-hybridized carbons (Fsp3) is 0.450. The van der Waals surface area contributed by atoms with Crippen LogP contribution in [0, 0.1) is 12.3 Å². The SMILES string of the molecule is CC(C)(C)[NH-].C[CH-]c1ccccc1C1=C(C)C(C)=CC1C.Cl.Cl.[Ti+2]. The molecule has 1 aromatic carbocycles. The Morgan fingerprint density at radius 2 is 1.50 bits per heavy atom. The maximum atomic E-state index is 6.94. The van der Waals surface area contributed by atoms with E-state index >= 15 is 0 Å². The van der Waals surface area contributed by atoms with Crippen molar-refractivity contribution in [3.8, 4) is 0 Å². The molecule has 0 heterocycles. The molecule has 0 aliphatic heterocycles. The first-order chi connectivity index (χ1) is 9.65. The van der Waals surface area contributed by atoms with Crippen LogP contribution >= 0.6 is 24.8 Å². The van der Waals surface area contributed by atoms with Gasteiger partial charge in [-0.3, -0.25) is 0 Å². The number of hydrogen-bond acceptors (Lipinski definition) is 0. The Morgan fingerprint density at radius 1 is 1.04 bits per heavy atom. The van der Waals surface area contributed by atoms with E-state index in [0.717, 1.165) is 0 Å². The molecule has 0 radical (unpaired) electrons. The fourth-order valence-corrected chi connectivity index (χ4v) is 2.58. The molecule has 0 saturated carbocycles. The van der Waals surface area contributed by atoms with Crippen LogP contribution in [0.2, 0.25) is 0 Å². The summed E-state index contributed by atoms with van der Waals surface area (Å²) in [6.45, 7) is 14.4. The zero-order valence-electron chi connectivity index (χ0n) is 15.9. The van der Waals surface area contributed by atoms with Crippen LogP contribution in [0.4, 0.5) is 0 Å². The van der Waals surface area contributed by atoms with Gasteiger partial charge in [0.1, 0.15) is 0 Å². The number of hydrogen-bond donors (Lipinski definition) is 0. The van der Waals surface area contributed by atoms with E-state index in [4.69, 9.17) is 5.73 Å². The Kier molecular flexibility index (Phi) is 14.6. The van der Waals surface area contributed by atoms with Crippen molar-refractivity contribution in [3.63, 3.8) is 0 Å². The number of allylic oxidation sites excluding steroid dienone is 4. The molecule has 1 aromatic rings. The molecule has 1 unspecified atom stereocenters. The number of nitrogens with one attached hydrogen (secondary N) is 1. The van der Waals surface area contributed by atoms with Crippen molar-refractivity contribution in [3.05, 3.63) is 64.8 Å². The zero-order valence-corrected chi connectivity index (χ0v) is 19.1. The molecule has 1 nitrogen and oxygen atoms in total. The van der Waals surface area contributed by atoms with Crippen molar-refractivity contribution in [2.75, 3.05) is 0 Å². The average Bonchev–Trinajstić information content (AvgIpc) is 2.61. The zero-order chi connectivity index (χ0) is 16.2. The van der Waals surface area contributed by atoms with Crippen LogP contribution in [0.25, 0.3) is 11.3 Å². The van der Waals surface area contributed by atoms with Crippen molar-refractivity contribution in [1.82, 2.24) is 0 Å². The van der Waals surface area contributed by atoms with Crippen molar-refractivity contribution >= 4 is 30.4 Å². The van der Waals surface area contributed by atoms with Gasteiger partial charge >= 0.3 is 21.7 Å². The smallest absolute Gasteiger partial charge is 0.673 e. The minimum absolute atomic E-state index is 0. The molecule has 1 atom stereocenters. The topological polar surface area (TPSA) is 23.8 Å². The van der Waals surface area contributed by atoms with E-state index in [1.165, 1.54) is 27.8 Å². The summed E-state index contributed by atoms with van der Waals surface area (Å²) < 4.78 is 0. The van der Waals surface area contributed by atoms with Crippen LogP contribution in [-0.2, 0) is 21.7 Å². The molecular formula is C20H31Cl2NTi. The first-order valence-electron chi connectivity index (χ1n) is 7.68. The van der Waals surface area contributed by atoms with Gasteiger partial charge in [-0.05, 0) is 19.8 Å². The van der Waals surface area contributed by atoms with Gasteiger partial charge in [-0.2, -0.15) is 18.1 Å². The summed E-state index contributed by atoms with van der Waals surface area (Å²) in [5.74, 6) is 0.543. The van der Waals surface area contributed by atoms with Gasteiger partial charge in [-0.25, -0.2) is 0 Å². The molecule has 0 fully saturated rings. The molecular weight excluding hydrogens is 373 g/mol. The fourth-order valence-electron chi connectivity index (χ4n) is 2.58. The summed E-state index contributed by atoms with van der Waals surface area (Å²) in [5.41, 5.74) is 13.8. The van der Waals surface area contributed by atoms with Gasteiger partial charge in [0.2, 0.25) is 0 Å². The minimum atomic E-state index is -0.250. The van der Waals surface area contributed by atoms with Crippen molar-refractivity contribution in [2.24, 2.45) is 5.92 Å². The summed E-state index contributed by atoms with van der Waals surface area (Å²) in [6, 6.07) is 8.66. The number of halogens is 2. The molecule has 0 aromatic heterocycles. The Balaban J connectivity index is -0.000000490. The van der Waals surface area contributed by atoms with E-state index in [1.807, 2.05) is 20.8 Å². The first-order valence-corrected chi connectivity index (χ1v) is 7.68. The Bertz CT molecular complexity index is 551. The predicted molar refractivity (Wildman–Crippen MR) is 110 cm³/mol. The molecule has 1 aliphatic carbocycles. The maximum Gasteiger partial charge on any atom is 2.00 e. The molecule has 2 rings (SSSR count). The average molecular weight is 404 g/mol. The monoisotopic (exact) mass is 403 g/mol. The predicted octanol–water partition coefficient (Wildman–Crippen LogP) is 7.31. The van der Waals surface area contributed by atoms with Crippen molar-refractivity contribution in [2.45, 2.75) is 54.0 Å². The third-order valence-corrected chi connectivity index (χ3v) is 3.51. The van der Waals surface area contributed by atoms with Gasteiger partial charge in [0.05, 0.1) is 0 Å². The molecule has 134 valence electrons. The van der Waals surface area contributed by atoms with Crippen LogP contribution in [0.5, 0.6) is 0 Å². The summed E-state index contributed by atoms with van der Waals surface area (Å²) in [6.07, 6.45) is 4.55. The van der Waals surface area contributed by atoms with E-state index < -0.39 is 0 Å². The molecule has 4 heteroatoms. The molecule has 0 saturated heterocycles. The number of benzene rings is 1. The molecule has 0 spiro atoms. The number of rotatable bonds is 2. The van der Waals surface area contributed by atoms with Crippen molar-refractivity contribution in [1.29, 1.82) is 0 Å². The van der Waals surface area contributed by atoms with E-state index in [0.29, 0.717) is 5.92 Å². The van der Waals surface area contributed by atoms with E-state index in [9.17, 15) is 0 Å². The molecule has 24 heavy (non-hydrogen) atoms. The summed E-state index contributed by atoms with van der Waals surface area (Å²) >= 11 is 0. The van der Waals surface area contributed by atoms with Gasteiger partial charge in [0.25, 0.3) is 0 Å². The third-order valence-electron chi connectivity index (χ3n) is 3.51. The minimum Gasteiger partial charge on any atom is -0.673 e. The summed E-state index contributed by atoms with van der Waals surface area (Å²) in [5, 5.41) is 0. The van der Waals surface area contributed by atoms with Gasteiger partial charge in [0.15, 0.2) is 0 Å². The second kappa shape index (κ2) is 12.2. The van der Waals surface area contributed by atoms with Crippen LogP contribution in [-0.4, -0.2) is 5.54 Å². The first kappa shape index (κ1) is 28.6. The quantitative estimate of drug-likeness (QED) is 0.365. The van der Waals surface area contributed by atoms with Crippen LogP contribution in [0.3, 0.4) is 0 Å². The Labute approximate surface area is 176 Å². The largest absolute Gasteiger partial charge is 2.00 e. The molecule has 0 amide bonds. The summed E-state index contributed by atoms with van der Waals surface area (Å²) in [7, 11) is 0. The van der Waals surface area contributed by atoms with Crippen LogP contribution in [0.15, 0.2) is 41.5 Å². The van der Waals surface area contributed by atoms with Gasteiger partial charge < -0.3 is 5.73 Å². The van der Waals surface area contributed by atoms with Crippen molar-refractivity contribution < 1.29 is 21.7 Å². The molecule has 1 N–H and O–H groups in total. The maximum absolute atomic E-state index is 6.94. The molecule has 1 aliphatic rings. The standard InChI is InChI=1S/C16H19.C4H10N.2ClH.Ti/c1-5-14-8-6-7-9-15(14)16-12(3)10-11(2)13(16)4;1-4(2,3)5;;;/h5-10,12H,1-4H3;5H,1-3H3;2*1H;/q2*-1;;;+2. The van der Waals surface area contributed by atoms with Crippen LogP contribution < -0.4 is 0 Å². The van der Waals surface area contributed by atoms with E-state index in [1.54, 1.807) is 0 Å².